The molecule has 0 bridgehead atoms. The lowest BCUT2D eigenvalue weighted by Crippen LogP contribution is -2.33. The highest BCUT2D eigenvalue weighted by atomic mass is 16.5. The molecule has 0 aliphatic carbocycles. The van der Waals surface area contributed by atoms with E-state index in [9.17, 15) is 0 Å². The molecular weight excluding hydrogens is 224 g/mol. The highest BCUT2D eigenvalue weighted by molar-refractivity contribution is 5.29. The first kappa shape index (κ1) is 12.2. The zero-order chi connectivity index (χ0) is 12.4. The van der Waals surface area contributed by atoms with Crippen LogP contribution in [0, 0.1) is 0 Å². The number of morpholine rings is 1. The van der Waals surface area contributed by atoms with Crippen molar-refractivity contribution >= 4 is 0 Å². The van der Waals surface area contributed by atoms with Gasteiger partial charge in [-0.05, 0) is 37.1 Å². The van der Waals surface area contributed by atoms with Gasteiger partial charge in [-0.1, -0.05) is 24.3 Å². The second-order valence-electron chi connectivity index (χ2n) is 5.48. The maximum absolute atomic E-state index is 5.83. The smallest absolute Gasteiger partial charge is 0.0949 e. The van der Waals surface area contributed by atoms with Crippen molar-refractivity contribution in [2.24, 2.45) is 0 Å². The summed E-state index contributed by atoms with van der Waals surface area (Å²) in [6.45, 7) is 5.14. The summed E-state index contributed by atoms with van der Waals surface area (Å²) in [4.78, 5) is 2.41. The van der Waals surface area contributed by atoms with Crippen LogP contribution < -0.4 is 5.32 Å². The molecule has 1 N–H and O–H groups in total. The highest BCUT2D eigenvalue weighted by Crippen LogP contribution is 2.29. The van der Waals surface area contributed by atoms with Gasteiger partial charge in [-0.3, -0.25) is 0 Å². The van der Waals surface area contributed by atoms with E-state index < -0.39 is 0 Å². The molecule has 2 saturated heterocycles. The van der Waals surface area contributed by atoms with E-state index in [0.29, 0.717) is 5.92 Å². The van der Waals surface area contributed by atoms with Crippen LogP contribution in [-0.4, -0.2) is 44.7 Å². The van der Waals surface area contributed by atoms with E-state index in [1.165, 1.54) is 30.6 Å². The lowest BCUT2D eigenvalue weighted by Gasteiger charge is -2.24. The summed E-state index contributed by atoms with van der Waals surface area (Å²) in [6.07, 6.45) is 1.52. The molecule has 3 heteroatoms. The molecule has 2 fully saturated rings. The first-order valence-corrected chi connectivity index (χ1v) is 6.93. The summed E-state index contributed by atoms with van der Waals surface area (Å²) in [5.41, 5.74) is 2.81. The van der Waals surface area contributed by atoms with Gasteiger partial charge in [0.05, 0.1) is 12.7 Å². The van der Waals surface area contributed by atoms with Crippen molar-refractivity contribution in [1.82, 2.24) is 10.2 Å². The molecule has 2 heterocycles. The summed E-state index contributed by atoms with van der Waals surface area (Å²) in [5.74, 6) is 0.700. The van der Waals surface area contributed by atoms with Gasteiger partial charge in [0.15, 0.2) is 0 Å². The Morgan fingerprint density at radius 2 is 2.22 bits per heavy atom. The minimum atomic E-state index is 0.234. The zero-order valence-corrected chi connectivity index (χ0v) is 11.1. The Hall–Kier alpha value is -0.900. The number of nitrogens with zero attached hydrogens (tertiary/aromatic N) is 1. The third-order valence-electron chi connectivity index (χ3n) is 4.07. The van der Waals surface area contributed by atoms with Crippen molar-refractivity contribution in [2.75, 3.05) is 39.8 Å². The molecule has 2 aliphatic rings. The Balaban J connectivity index is 1.76. The standard InChI is InChI=1S/C15H22N2O/c1-17-7-5-14(11-17)12-3-2-4-13(9-12)15-10-16-6-8-18-15/h2-4,9,14-16H,5-8,10-11H2,1H3. The lowest BCUT2D eigenvalue weighted by atomic mass is 9.95. The van der Waals surface area contributed by atoms with Crippen LogP contribution in [0.5, 0.6) is 0 Å². The fourth-order valence-electron chi connectivity index (χ4n) is 3.00. The number of nitrogens with one attached hydrogen (secondary N) is 1. The van der Waals surface area contributed by atoms with E-state index in [1.54, 1.807) is 0 Å². The average Bonchev–Trinajstić information content (AvgIpc) is 2.87. The number of hydrogen-bond acceptors (Lipinski definition) is 3. The highest BCUT2D eigenvalue weighted by Gasteiger charge is 2.22. The van der Waals surface area contributed by atoms with Crippen LogP contribution in [0.1, 0.15) is 29.6 Å². The van der Waals surface area contributed by atoms with Gasteiger partial charge in [-0.2, -0.15) is 0 Å². The van der Waals surface area contributed by atoms with Gasteiger partial charge in [-0.25, -0.2) is 0 Å². The first-order valence-electron chi connectivity index (χ1n) is 6.93. The number of likely N-dealkylation sites (N-methyl/N-ethyl adjacent to an activating group) is 1. The number of hydrogen-bond donors (Lipinski definition) is 1. The van der Waals surface area contributed by atoms with E-state index in [-0.39, 0.29) is 6.10 Å². The van der Waals surface area contributed by atoms with Crippen molar-refractivity contribution in [3.63, 3.8) is 0 Å². The van der Waals surface area contributed by atoms with Gasteiger partial charge >= 0.3 is 0 Å². The molecule has 0 spiro atoms. The molecule has 2 unspecified atom stereocenters. The molecular formula is C15H22N2O. The third kappa shape index (κ3) is 2.58. The number of benzene rings is 1. The molecule has 2 atom stereocenters. The number of rotatable bonds is 2. The monoisotopic (exact) mass is 246 g/mol. The molecule has 2 aliphatic heterocycles. The van der Waals surface area contributed by atoms with Crippen LogP contribution >= 0.6 is 0 Å². The summed E-state index contributed by atoms with van der Waals surface area (Å²) < 4.78 is 5.83. The molecule has 0 radical (unpaired) electrons. The SMILES string of the molecule is CN1CCC(c2cccc(C3CNCCO3)c2)C1. The van der Waals surface area contributed by atoms with Gasteiger partial charge in [0.2, 0.25) is 0 Å². The molecule has 18 heavy (non-hydrogen) atoms. The predicted octanol–water partition coefficient (Wildman–Crippen LogP) is 1.77. The minimum absolute atomic E-state index is 0.234. The van der Waals surface area contributed by atoms with E-state index in [0.717, 1.165) is 19.7 Å². The zero-order valence-electron chi connectivity index (χ0n) is 11.1. The van der Waals surface area contributed by atoms with Crippen LogP contribution in [0.2, 0.25) is 0 Å². The Bertz CT molecular complexity index is 381. The van der Waals surface area contributed by atoms with Crippen molar-refractivity contribution in [3.05, 3.63) is 35.4 Å². The summed E-state index contributed by atoms with van der Waals surface area (Å²) in [7, 11) is 2.21. The number of likely N-dealkylation sites (tertiary alicyclic amines) is 1. The van der Waals surface area contributed by atoms with E-state index in [4.69, 9.17) is 4.74 Å². The van der Waals surface area contributed by atoms with Crippen LogP contribution in [0.3, 0.4) is 0 Å². The van der Waals surface area contributed by atoms with E-state index in [2.05, 4.69) is 41.5 Å². The molecule has 0 aromatic heterocycles. The third-order valence-corrected chi connectivity index (χ3v) is 4.07. The molecule has 0 amide bonds. The fraction of sp³-hybridized carbons (Fsp3) is 0.600. The maximum atomic E-state index is 5.83. The molecule has 98 valence electrons. The van der Waals surface area contributed by atoms with Crippen molar-refractivity contribution in [3.8, 4) is 0 Å². The Morgan fingerprint density at radius 3 is 2.94 bits per heavy atom. The van der Waals surface area contributed by atoms with Crippen LogP contribution in [0.15, 0.2) is 24.3 Å². The normalized spacial score (nSPS) is 29.6. The number of ether oxygens (including phenoxy) is 1. The van der Waals surface area contributed by atoms with Crippen LogP contribution in [0.25, 0.3) is 0 Å². The topological polar surface area (TPSA) is 24.5 Å². The molecule has 1 aromatic rings. The largest absolute Gasteiger partial charge is 0.371 e. The second kappa shape index (κ2) is 5.39. The fourth-order valence-corrected chi connectivity index (χ4v) is 3.00. The summed E-state index contributed by atoms with van der Waals surface area (Å²) >= 11 is 0. The summed E-state index contributed by atoms with van der Waals surface area (Å²) in [6, 6.07) is 8.99. The molecule has 3 nitrogen and oxygen atoms in total. The molecule has 0 saturated carbocycles. The van der Waals surface area contributed by atoms with Gasteiger partial charge in [0, 0.05) is 19.6 Å². The Kier molecular flexibility index (Phi) is 3.64. The van der Waals surface area contributed by atoms with Crippen LogP contribution in [0.4, 0.5) is 0 Å². The lowest BCUT2D eigenvalue weighted by molar-refractivity contribution is 0.0276. The average molecular weight is 246 g/mol. The minimum Gasteiger partial charge on any atom is -0.371 e. The Morgan fingerprint density at radius 1 is 1.33 bits per heavy atom. The van der Waals surface area contributed by atoms with Gasteiger partial charge in [-0.15, -0.1) is 0 Å². The molecule has 3 rings (SSSR count). The molecule has 1 aromatic carbocycles. The maximum Gasteiger partial charge on any atom is 0.0949 e. The Labute approximate surface area is 109 Å². The van der Waals surface area contributed by atoms with Gasteiger partial charge < -0.3 is 15.0 Å². The first-order chi connectivity index (χ1) is 8.83. The van der Waals surface area contributed by atoms with E-state index >= 15 is 0 Å². The van der Waals surface area contributed by atoms with Gasteiger partial charge in [0.25, 0.3) is 0 Å². The van der Waals surface area contributed by atoms with Gasteiger partial charge in [0.1, 0.15) is 0 Å². The van der Waals surface area contributed by atoms with Crippen molar-refractivity contribution < 1.29 is 4.74 Å². The van der Waals surface area contributed by atoms with E-state index in [1.807, 2.05) is 0 Å². The quantitative estimate of drug-likeness (QED) is 0.860. The van der Waals surface area contributed by atoms with Crippen molar-refractivity contribution in [2.45, 2.75) is 18.4 Å². The second-order valence-corrected chi connectivity index (χ2v) is 5.48. The van der Waals surface area contributed by atoms with Crippen LogP contribution in [-0.2, 0) is 4.74 Å². The van der Waals surface area contributed by atoms with Crippen molar-refractivity contribution in [1.29, 1.82) is 0 Å². The predicted molar refractivity (Wildman–Crippen MR) is 72.9 cm³/mol. The summed E-state index contributed by atoms with van der Waals surface area (Å²) in [5, 5.41) is 3.40.